The Bertz CT molecular complexity index is 368. The zero-order valence-electron chi connectivity index (χ0n) is 8.06. The minimum absolute atomic E-state index is 0.491. The minimum Gasteiger partial charge on any atom is -0.497 e. The van der Waals surface area contributed by atoms with Gasteiger partial charge in [-0.1, -0.05) is 39.1 Å². The molecule has 1 rings (SSSR count). The van der Waals surface area contributed by atoms with Crippen molar-refractivity contribution in [3.63, 3.8) is 0 Å². The molecule has 0 aliphatic heterocycles. The van der Waals surface area contributed by atoms with Crippen molar-refractivity contribution in [1.82, 2.24) is 0 Å². The SMILES string of the molecule is COc1cc(Br)cc(NC/C(Cl)=C/Cl)c1. The van der Waals surface area contributed by atoms with E-state index in [1.165, 1.54) is 5.54 Å². The molecular formula is C10H10BrCl2NO. The molecule has 1 N–H and O–H groups in total. The molecule has 15 heavy (non-hydrogen) atoms. The van der Waals surface area contributed by atoms with Gasteiger partial charge in [0.2, 0.25) is 0 Å². The summed E-state index contributed by atoms with van der Waals surface area (Å²) in [6.07, 6.45) is 0. The van der Waals surface area contributed by atoms with E-state index >= 15 is 0 Å². The number of anilines is 1. The van der Waals surface area contributed by atoms with Crippen molar-refractivity contribution in [2.45, 2.75) is 0 Å². The maximum absolute atomic E-state index is 5.75. The quantitative estimate of drug-likeness (QED) is 0.900. The first-order valence-corrected chi connectivity index (χ1v) is 5.79. The van der Waals surface area contributed by atoms with E-state index < -0.39 is 0 Å². The van der Waals surface area contributed by atoms with Crippen LogP contribution in [0.4, 0.5) is 5.69 Å². The monoisotopic (exact) mass is 309 g/mol. The predicted molar refractivity (Wildman–Crippen MR) is 69.0 cm³/mol. The number of halogens is 3. The van der Waals surface area contributed by atoms with E-state index in [-0.39, 0.29) is 0 Å². The molecule has 0 bridgehead atoms. The van der Waals surface area contributed by atoms with Crippen LogP contribution in [-0.4, -0.2) is 13.7 Å². The molecule has 0 aliphatic carbocycles. The third-order valence-electron chi connectivity index (χ3n) is 1.69. The number of rotatable bonds is 4. The molecule has 0 heterocycles. The molecular weight excluding hydrogens is 301 g/mol. The summed E-state index contributed by atoms with van der Waals surface area (Å²) in [6.45, 7) is 0.491. The zero-order valence-corrected chi connectivity index (χ0v) is 11.2. The van der Waals surface area contributed by atoms with Crippen LogP contribution in [0.5, 0.6) is 5.75 Å². The van der Waals surface area contributed by atoms with Gasteiger partial charge in [-0.15, -0.1) is 0 Å². The lowest BCUT2D eigenvalue weighted by Gasteiger charge is -2.08. The minimum atomic E-state index is 0.491. The van der Waals surface area contributed by atoms with E-state index in [2.05, 4.69) is 21.2 Å². The molecule has 0 unspecified atom stereocenters. The Hall–Kier alpha value is -0.380. The van der Waals surface area contributed by atoms with Crippen molar-refractivity contribution < 1.29 is 4.74 Å². The smallest absolute Gasteiger partial charge is 0.122 e. The molecule has 82 valence electrons. The highest BCUT2D eigenvalue weighted by Gasteiger charge is 1.99. The van der Waals surface area contributed by atoms with Crippen molar-refractivity contribution >= 4 is 44.8 Å². The van der Waals surface area contributed by atoms with Crippen LogP contribution in [0.2, 0.25) is 0 Å². The molecule has 0 aliphatic rings. The largest absolute Gasteiger partial charge is 0.497 e. The molecule has 0 atom stereocenters. The topological polar surface area (TPSA) is 21.3 Å². The lowest BCUT2D eigenvalue weighted by molar-refractivity contribution is 0.414. The predicted octanol–water partition coefficient (Wildman–Crippen LogP) is 4.19. The van der Waals surface area contributed by atoms with Gasteiger partial charge in [-0.25, -0.2) is 0 Å². The Labute approximate surface area is 107 Å². The fourth-order valence-corrected chi connectivity index (χ4v) is 1.62. The third-order valence-corrected chi connectivity index (χ3v) is 2.76. The summed E-state index contributed by atoms with van der Waals surface area (Å²) in [6, 6.07) is 5.69. The Kier molecular flexibility index (Phi) is 5.29. The molecule has 0 saturated carbocycles. The Balaban J connectivity index is 2.72. The zero-order chi connectivity index (χ0) is 11.3. The highest BCUT2D eigenvalue weighted by molar-refractivity contribution is 9.10. The van der Waals surface area contributed by atoms with Gasteiger partial charge in [0, 0.05) is 26.8 Å². The summed E-state index contributed by atoms with van der Waals surface area (Å²) in [7, 11) is 1.62. The maximum Gasteiger partial charge on any atom is 0.122 e. The Morgan fingerprint density at radius 1 is 1.53 bits per heavy atom. The lowest BCUT2D eigenvalue weighted by atomic mass is 10.3. The van der Waals surface area contributed by atoms with Crippen molar-refractivity contribution in [3.8, 4) is 5.75 Å². The fraction of sp³-hybridized carbons (Fsp3) is 0.200. The standard InChI is InChI=1S/C10H10BrCl2NO/c1-15-10-3-7(11)2-9(4-10)14-6-8(13)5-12/h2-5,14H,6H2,1H3/b8-5-. The number of hydrogen-bond donors (Lipinski definition) is 1. The summed E-state index contributed by atoms with van der Waals surface area (Å²) < 4.78 is 6.07. The molecule has 1 aromatic rings. The molecule has 1 aromatic carbocycles. The van der Waals surface area contributed by atoms with Gasteiger partial charge in [0.05, 0.1) is 13.7 Å². The van der Waals surface area contributed by atoms with E-state index in [0.29, 0.717) is 11.6 Å². The van der Waals surface area contributed by atoms with E-state index in [0.717, 1.165) is 15.9 Å². The van der Waals surface area contributed by atoms with Crippen LogP contribution in [0.3, 0.4) is 0 Å². The molecule has 2 nitrogen and oxygen atoms in total. The number of benzene rings is 1. The highest BCUT2D eigenvalue weighted by Crippen LogP contribution is 2.24. The first-order valence-electron chi connectivity index (χ1n) is 4.19. The van der Waals surface area contributed by atoms with Gasteiger partial charge < -0.3 is 10.1 Å². The first-order chi connectivity index (χ1) is 7.15. The van der Waals surface area contributed by atoms with Crippen molar-refractivity contribution in [2.75, 3.05) is 19.0 Å². The van der Waals surface area contributed by atoms with Crippen LogP contribution >= 0.6 is 39.1 Å². The molecule has 0 spiro atoms. The second-order valence-corrected chi connectivity index (χ2v) is 4.41. The maximum atomic E-state index is 5.75. The van der Waals surface area contributed by atoms with Crippen molar-refractivity contribution in [3.05, 3.63) is 33.2 Å². The van der Waals surface area contributed by atoms with E-state index in [4.69, 9.17) is 27.9 Å². The molecule has 0 radical (unpaired) electrons. The van der Waals surface area contributed by atoms with Gasteiger partial charge in [0.25, 0.3) is 0 Å². The number of methoxy groups -OCH3 is 1. The van der Waals surface area contributed by atoms with Gasteiger partial charge in [-0.3, -0.25) is 0 Å². The van der Waals surface area contributed by atoms with Gasteiger partial charge >= 0.3 is 0 Å². The number of hydrogen-bond acceptors (Lipinski definition) is 2. The van der Waals surface area contributed by atoms with Gasteiger partial charge in [0.1, 0.15) is 5.75 Å². The summed E-state index contributed by atoms with van der Waals surface area (Å²) >= 11 is 14.6. The van der Waals surface area contributed by atoms with Crippen LogP contribution in [0, 0.1) is 0 Å². The average molecular weight is 311 g/mol. The normalized spacial score (nSPS) is 11.3. The summed E-state index contributed by atoms with van der Waals surface area (Å²) in [4.78, 5) is 0. The Morgan fingerprint density at radius 2 is 2.27 bits per heavy atom. The molecule has 0 aromatic heterocycles. The summed E-state index contributed by atoms with van der Waals surface area (Å²) in [5, 5.41) is 3.67. The average Bonchev–Trinajstić information content (AvgIpc) is 2.25. The van der Waals surface area contributed by atoms with Crippen molar-refractivity contribution in [2.24, 2.45) is 0 Å². The van der Waals surface area contributed by atoms with E-state index in [9.17, 15) is 0 Å². The fourth-order valence-electron chi connectivity index (χ4n) is 1.01. The first kappa shape index (κ1) is 12.7. The van der Waals surface area contributed by atoms with Gasteiger partial charge in [0.15, 0.2) is 0 Å². The van der Waals surface area contributed by atoms with Crippen LogP contribution in [-0.2, 0) is 0 Å². The molecule has 0 saturated heterocycles. The van der Waals surface area contributed by atoms with Gasteiger partial charge in [-0.2, -0.15) is 0 Å². The molecule has 0 fully saturated rings. The van der Waals surface area contributed by atoms with Crippen molar-refractivity contribution in [1.29, 1.82) is 0 Å². The number of nitrogens with one attached hydrogen (secondary N) is 1. The number of ether oxygens (including phenoxy) is 1. The second kappa shape index (κ2) is 6.26. The third kappa shape index (κ3) is 4.33. The summed E-state index contributed by atoms with van der Waals surface area (Å²) in [5.74, 6) is 0.776. The lowest BCUT2D eigenvalue weighted by Crippen LogP contribution is -2.01. The van der Waals surface area contributed by atoms with Gasteiger partial charge in [-0.05, 0) is 12.1 Å². The molecule has 5 heteroatoms. The van der Waals surface area contributed by atoms with Crippen LogP contribution in [0.15, 0.2) is 33.2 Å². The van der Waals surface area contributed by atoms with Crippen LogP contribution in [0.25, 0.3) is 0 Å². The van der Waals surface area contributed by atoms with E-state index in [1.54, 1.807) is 7.11 Å². The molecule has 0 amide bonds. The van der Waals surface area contributed by atoms with E-state index in [1.807, 2.05) is 18.2 Å². The van der Waals surface area contributed by atoms with Crippen LogP contribution < -0.4 is 10.1 Å². The Morgan fingerprint density at radius 3 is 2.87 bits per heavy atom. The van der Waals surface area contributed by atoms with Crippen LogP contribution in [0.1, 0.15) is 0 Å². The highest BCUT2D eigenvalue weighted by atomic mass is 79.9. The summed E-state index contributed by atoms with van der Waals surface area (Å²) in [5.41, 5.74) is 2.25. The second-order valence-electron chi connectivity index (χ2n) is 2.79.